The Labute approximate surface area is 112 Å². The van der Waals surface area contributed by atoms with Gasteiger partial charge in [0.2, 0.25) is 5.90 Å². The van der Waals surface area contributed by atoms with E-state index in [-0.39, 0.29) is 18.9 Å². The molecule has 0 saturated carbocycles. The van der Waals surface area contributed by atoms with Gasteiger partial charge in [-0.05, 0) is 24.1 Å². The molecule has 5 nitrogen and oxygen atoms in total. The maximum absolute atomic E-state index is 11.6. The van der Waals surface area contributed by atoms with E-state index in [1.54, 1.807) is 0 Å². The molecule has 0 atom stereocenters. The largest absolute Gasteiger partial charge is 0.466 e. The number of ether oxygens (including phenoxy) is 1. The summed E-state index contributed by atoms with van der Waals surface area (Å²) in [6.07, 6.45) is 1.23. The van der Waals surface area contributed by atoms with Crippen LogP contribution in [0.3, 0.4) is 0 Å². The molecule has 1 aliphatic rings. The monoisotopic (exact) mass is 257 g/mol. The highest BCUT2D eigenvalue weighted by Crippen LogP contribution is 2.12. The first-order chi connectivity index (χ1) is 9.24. The molecule has 0 spiro atoms. The molecule has 1 aromatic carbocycles. The lowest BCUT2D eigenvalue weighted by Crippen LogP contribution is -2.37. The van der Waals surface area contributed by atoms with E-state index in [1.165, 1.54) is 10.6 Å². The van der Waals surface area contributed by atoms with Gasteiger partial charge in [-0.1, -0.05) is 19.1 Å². The molecule has 0 bridgehead atoms. The molecule has 1 aliphatic heterocycles. The minimum atomic E-state index is -0.218. The van der Waals surface area contributed by atoms with Crippen LogP contribution in [-0.4, -0.2) is 30.0 Å². The molecular weight excluding hydrogens is 242 g/mol. The van der Waals surface area contributed by atoms with Gasteiger partial charge in [-0.15, -0.1) is 5.10 Å². The summed E-state index contributed by atoms with van der Waals surface area (Å²) in [5, 5.41) is 14.0. The Morgan fingerprint density at radius 3 is 2.79 bits per heavy atom. The van der Waals surface area contributed by atoms with Gasteiger partial charge >= 0.3 is 0 Å². The highest BCUT2D eigenvalue weighted by Gasteiger charge is 2.21. The first-order valence-corrected chi connectivity index (χ1v) is 6.22. The topological polar surface area (TPSA) is 65.7 Å². The summed E-state index contributed by atoms with van der Waals surface area (Å²) >= 11 is 0. The first-order valence-electron chi connectivity index (χ1n) is 6.22. The van der Waals surface area contributed by atoms with E-state index >= 15 is 0 Å². The van der Waals surface area contributed by atoms with Crippen LogP contribution in [0.5, 0.6) is 0 Å². The zero-order valence-corrected chi connectivity index (χ0v) is 10.8. The Kier molecular flexibility index (Phi) is 4.14. The van der Waals surface area contributed by atoms with Crippen LogP contribution in [0.1, 0.15) is 24.5 Å². The molecule has 0 radical (unpaired) electrons. The van der Waals surface area contributed by atoms with Crippen molar-refractivity contribution in [1.29, 1.82) is 5.26 Å². The minimum Gasteiger partial charge on any atom is -0.466 e. The molecular formula is C14H15N3O2. The van der Waals surface area contributed by atoms with Crippen LogP contribution in [0.15, 0.2) is 29.4 Å². The summed E-state index contributed by atoms with van der Waals surface area (Å²) in [5.74, 6) is 0.212. The number of hydrazone groups is 1. The van der Waals surface area contributed by atoms with E-state index in [4.69, 9.17) is 10.00 Å². The van der Waals surface area contributed by atoms with Crippen LogP contribution in [-0.2, 0) is 16.0 Å². The van der Waals surface area contributed by atoms with Gasteiger partial charge in [-0.2, -0.15) is 5.26 Å². The maximum Gasteiger partial charge on any atom is 0.280 e. The zero-order valence-electron chi connectivity index (χ0n) is 10.8. The SMILES string of the molecule is CCc1ccc(C2=NN(CCC#N)C(=O)CO2)cc1. The van der Waals surface area contributed by atoms with Gasteiger partial charge in [0.25, 0.3) is 5.91 Å². The van der Waals surface area contributed by atoms with Crippen LogP contribution in [0, 0.1) is 11.3 Å². The molecule has 19 heavy (non-hydrogen) atoms. The second-order valence-electron chi connectivity index (χ2n) is 4.17. The lowest BCUT2D eigenvalue weighted by Gasteiger charge is -2.23. The summed E-state index contributed by atoms with van der Waals surface area (Å²) in [7, 11) is 0. The Hall–Kier alpha value is -2.35. The van der Waals surface area contributed by atoms with Gasteiger partial charge in [-0.25, -0.2) is 5.01 Å². The average Bonchev–Trinajstić information content (AvgIpc) is 2.46. The van der Waals surface area contributed by atoms with Crippen molar-refractivity contribution in [3.05, 3.63) is 35.4 Å². The molecule has 0 N–H and O–H groups in total. The van der Waals surface area contributed by atoms with E-state index in [2.05, 4.69) is 12.0 Å². The molecule has 1 heterocycles. The van der Waals surface area contributed by atoms with Gasteiger partial charge in [-0.3, -0.25) is 4.79 Å². The van der Waals surface area contributed by atoms with Gasteiger partial charge in [0.05, 0.1) is 19.0 Å². The molecule has 1 aromatic rings. The van der Waals surface area contributed by atoms with Gasteiger partial charge in [0, 0.05) is 5.56 Å². The van der Waals surface area contributed by atoms with Crippen LogP contribution >= 0.6 is 0 Å². The van der Waals surface area contributed by atoms with Crippen molar-refractivity contribution in [2.24, 2.45) is 5.10 Å². The average molecular weight is 257 g/mol. The van der Waals surface area contributed by atoms with Crippen molar-refractivity contribution >= 4 is 11.8 Å². The third-order valence-corrected chi connectivity index (χ3v) is 2.88. The van der Waals surface area contributed by atoms with Gasteiger partial charge < -0.3 is 4.74 Å². The number of nitriles is 1. The van der Waals surface area contributed by atoms with Crippen molar-refractivity contribution in [2.45, 2.75) is 19.8 Å². The van der Waals surface area contributed by atoms with Crippen molar-refractivity contribution in [3.8, 4) is 6.07 Å². The summed E-state index contributed by atoms with van der Waals surface area (Å²) in [6, 6.07) is 9.88. The number of hydrogen-bond donors (Lipinski definition) is 0. The maximum atomic E-state index is 11.6. The second kappa shape index (κ2) is 6.01. The molecule has 0 unspecified atom stereocenters. The highest BCUT2D eigenvalue weighted by molar-refractivity contribution is 5.98. The molecule has 2 rings (SSSR count). The summed E-state index contributed by atoms with van der Waals surface area (Å²) in [5.41, 5.74) is 2.07. The quantitative estimate of drug-likeness (QED) is 0.824. The molecule has 1 amide bonds. The fraction of sp³-hybridized carbons (Fsp3) is 0.357. The molecule has 0 aromatic heterocycles. The van der Waals surface area contributed by atoms with Crippen molar-refractivity contribution in [1.82, 2.24) is 5.01 Å². The van der Waals surface area contributed by atoms with Gasteiger partial charge in [0.1, 0.15) is 0 Å². The van der Waals surface area contributed by atoms with Crippen LogP contribution in [0.4, 0.5) is 0 Å². The molecule has 0 fully saturated rings. The lowest BCUT2D eigenvalue weighted by atomic mass is 10.1. The van der Waals surface area contributed by atoms with E-state index in [9.17, 15) is 4.79 Å². The van der Waals surface area contributed by atoms with Crippen LogP contribution < -0.4 is 0 Å². The number of nitrogens with zero attached hydrogens (tertiary/aromatic N) is 3. The summed E-state index contributed by atoms with van der Waals surface area (Å²) in [6.45, 7) is 2.36. The third-order valence-electron chi connectivity index (χ3n) is 2.88. The van der Waals surface area contributed by atoms with E-state index in [0.717, 1.165) is 12.0 Å². The van der Waals surface area contributed by atoms with E-state index < -0.39 is 0 Å². The number of rotatable bonds is 4. The predicted molar refractivity (Wildman–Crippen MR) is 70.3 cm³/mol. The highest BCUT2D eigenvalue weighted by atomic mass is 16.5. The van der Waals surface area contributed by atoms with Crippen LogP contribution in [0.2, 0.25) is 0 Å². The van der Waals surface area contributed by atoms with Crippen molar-refractivity contribution < 1.29 is 9.53 Å². The number of carbonyl (C=O) groups is 1. The fourth-order valence-electron chi connectivity index (χ4n) is 1.75. The summed E-state index contributed by atoms with van der Waals surface area (Å²) < 4.78 is 5.34. The molecule has 5 heteroatoms. The molecule has 0 aliphatic carbocycles. The Bertz CT molecular complexity index is 529. The van der Waals surface area contributed by atoms with Crippen molar-refractivity contribution in [3.63, 3.8) is 0 Å². The first kappa shape index (κ1) is 13.1. The molecule has 98 valence electrons. The predicted octanol–water partition coefficient (Wildman–Crippen LogP) is 1.68. The van der Waals surface area contributed by atoms with Crippen molar-refractivity contribution in [2.75, 3.05) is 13.2 Å². The Balaban J connectivity index is 2.18. The third kappa shape index (κ3) is 3.10. The standard InChI is InChI=1S/C14H15N3O2/c1-2-11-4-6-12(7-5-11)14-16-17(9-3-8-15)13(18)10-19-14/h4-7H,2-3,9-10H2,1H3. The number of carbonyl (C=O) groups excluding carboxylic acids is 1. The number of aryl methyl sites for hydroxylation is 1. The number of amides is 1. The minimum absolute atomic E-state index is 0.0280. The fourth-order valence-corrected chi connectivity index (χ4v) is 1.75. The van der Waals surface area contributed by atoms with Crippen LogP contribution in [0.25, 0.3) is 0 Å². The second-order valence-corrected chi connectivity index (χ2v) is 4.17. The van der Waals surface area contributed by atoms with E-state index in [1.807, 2.05) is 30.3 Å². The lowest BCUT2D eigenvalue weighted by molar-refractivity contribution is -0.135. The normalized spacial score (nSPS) is 14.6. The van der Waals surface area contributed by atoms with Gasteiger partial charge in [0.15, 0.2) is 6.61 Å². The smallest absolute Gasteiger partial charge is 0.280 e. The molecule has 0 saturated heterocycles. The Morgan fingerprint density at radius 1 is 1.42 bits per heavy atom. The summed E-state index contributed by atoms with van der Waals surface area (Å²) in [4.78, 5) is 11.6. The van der Waals surface area contributed by atoms with E-state index in [0.29, 0.717) is 12.4 Å². The number of hydrogen-bond acceptors (Lipinski definition) is 4. The Morgan fingerprint density at radius 2 is 2.16 bits per heavy atom. The zero-order chi connectivity index (χ0) is 13.7. The number of benzene rings is 1.